The predicted octanol–water partition coefficient (Wildman–Crippen LogP) is 4.53. The second-order valence-electron chi connectivity index (χ2n) is 8.47. The topological polar surface area (TPSA) is 83.2 Å². The minimum absolute atomic E-state index is 0.00906. The van der Waals surface area contributed by atoms with Gasteiger partial charge in [-0.25, -0.2) is 0 Å². The zero-order valence-electron chi connectivity index (χ0n) is 19.4. The average Bonchev–Trinajstić information content (AvgIpc) is 3.37. The molecular weight excluding hydrogens is 432 g/mol. The summed E-state index contributed by atoms with van der Waals surface area (Å²) >= 11 is 0. The highest BCUT2D eigenvalue weighted by Crippen LogP contribution is 2.40. The van der Waals surface area contributed by atoms with Gasteiger partial charge in [0.05, 0.1) is 11.6 Å². The molecule has 3 aromatic rings. The summed E-state index contributed by atoms with van der Waals surface area (Å²) in [5.74, 6) is -0.965. The van der Waals surface area contributed by atoms with Crippen LogP contribution in [0.4, 0.5) is 0 Å². The number of fused-ring (bicyclic) bond motifs is 1. The summed E-state index contributed by atoms with van der Waals surface area (Å²) < 4.78 is 11.4. The number of furan rings is 1. The maximum absolute atomic E-state index is 13.6. The number of benzene rings is 2. The number of nitrogens with zero attached hydrogens (tertiary/aromatic N) is 2. The second kappa shape index (κ2) is 9.97. The number of ether oxygens (including phenoxy) is 1. The molecule has 0 radical (unpaired) electrons. The molecule has 0 saturated heterocycles. The Hall–Kier alpha value is -3.84. The first-order valence-electron chi connectivity index (χ1n) is 11.2. The van der Waals surface area contributed by atoms with Crippen molar-refractivity contribution < 1.29 is 23.8 Å². The van der Waals surface area contributed by atoms with E-state index >= 15 is 0 Å². The monoisotopic (exact) mass is 460 g/mol. The highest BCUT2D eigenvalue weighted by Gasteiger charge is 2.44. The molecule has 34 heavy (non-hydrogen) atoms. The van der Waals surface area contributed by atoms with Gasteiger partial charge in [0.1, 0.15) is 17.9 Å². The molecule has 0 fully saturated rings. The van der Waals surface area contributed by atoms with Gasteiger partial charge in [-0.15, -0.1) is 0 Å². The van der Waals surface area contributed by atoms with E-state index < -0.39 is 23.5 Å². The summed E-state index contributed by atoms with van der Waals surface area (Å²) in [7, 11) is 3.91. The molecule has 0 saturated carbocycles. The molecule has 2 heterocycles. The number of Topliss-reactive ketones (excluding diaryl/α,β-unsaturated/α-hetero) is 1. The third-order valence-electron chi connectivity index (χ3n) is 5.74. The number of hydrogen-bond donors (Lipinski definition) is 1. The fourth-order valence-electron chi connectivity index (χ4n) is 4.18. The number of amides is 1. The lowest BCUT2D eigenvalue weighted by Gasteiger charge is -2.27. The third kappa shape index (κ3) is 4.61. The van der Waals surface area contributed by atoms with Crippen molar-refractivity contribution >= 4 is 22.7 Å². The van der Waals surface area contributed by atoms with E-state index in [2.05, 4.69) is 6.58 Å². The van der Waals surface area contributed by atoms with E-state index in [0.29, 0.717) is 36.5 Å². The molecule has 1 aliphatic rings. The molecule has 0 aliphatic carbocycles. The summed E-state index contributed by atoms with van der Waals surface area (Å²) in [5, 5.41) is 11.6. The zero-order valence-corrected chi connectivity index (χ0v) is 19.4. The Balaban J connectivity index is 1.74. The average molecular weight is 461 g/mol. The number of aliphatic hydroxyl groups excluding tert-OH is 1. The van der Waals surface area contributed by atoms with Crippen LogP contribution < -0.4 is 4.74 Å². The first-order valence-corrected chi connectivity index (χ1v) is 11.2. The molecule has 1 atom stereocenters. The highest BCUT2D eigenvalue weighted by molar-refractivity contribution is 6.16. The molecule has 1 N–H and O–H groups in total. The van der Waals surface area contributed by atoms with Gasteiger partial charge < -0.3 is 24.1 Å². The Bertz CT molecular complexity index is 1220. The summed E-state index contributed by atoms with van der Waals surface area (Å²) in [6.07, 6.45) is 2.32. The Kier molecular flexibility index (Phi) is 6.84. The lowest BCUT2D eigenvalue weighted by Crippen LogP contribution is -2.33. The van der Waals surface area contributed by atoms with Gasteiger partial charge in [0, 0.05) is 11.9 Å². The van der Waals surface area contributed by atoms with Gasteiger partial charge in [-0.2, -0.15) is 0 Å². The van der Waals surface area contributed by atoms with Gasteiger partial charge in [-0.05, 0) is 56.9 Å². The van der Waals surface area contributed by atoms with Crippen molar-refractivity contribution in [3.05, 3.63) is 89.9 Å². The van der Waals surface area contributed by atoms with Crippen molar-refractivity contribution in [3.63, 3.8) is 0 Å². The van der Waals surface area contributed by atoms with Crippen molar-refractivity contribution in [2.24, 2.45) is 0 Å². The lowest BCUT2D eigenvalue weighted by molar-refractivity contribution is -0.129. The van der Waals surface area contributed by atoms with Crippen molar-refractivity contribution in [1.82, 2.24) is 9.80 Å². The number of rotatable bonds is 10. The summed E-state index contributed by atoms with van der Waals surface area (Å²) in [4.78, 5) is 30.3. The minimum Gasteiger partial charge on any atom is -0.503 e. The maximum atomic E-state index is 13.6. The fraction of sp³-hybridized carbons (Fsp3) is 0.259. The van der Waals surface area contributed by atoms with E-state index in [0.717, 1.165) is 11.9 Å². The summed E-state index contributed by atoms with van der Waals surface area (Å²) in [5.41, 5.74) is 1.24. The van der Waals surface area contributed by atoms with Gasteiger partial charge in [-0.3, -0.25) is 9.59 Å². The SMILES string of the molecule is C=CCOc1cccc([C@H]2C(C(=O)c3cc4ccccc4o3)=C(O)C(=O)N2CCCN(C)C)c1. The molecule has 0 spiro atoms. The van der Waals surface area contributed by atoms with Gasteiger partial charge in [0.25, 0.3) is 5.91 Å². The number of carbonyl (C=O) groups excluding carboxylic acids is 2. The maximum Gasteiger partial charge on any atom is 0.290 e. The molecule has 1 aromatic heterocycles. The van der Waals surface area contributed by atoms with Crippen LogP contribution in [-0.4, -0.2) is 60.4 Å². The molecule has 4 rings (SSSR count). The van der Waals surface area contributed by atoms with Crippen LogP contribution in [0, 0.1) is 0 Å². The molecular formula is C27H28N2O5. The van der Waals surface area contributed by atoms with E-state index in [-0.39, 0.29) is 11.3 Å². The highest BCUT2D eigenvalue weighted by atomic mass is 16.5. The van der Waals surface area contributed by atoms with Crippen LogP contribution in [0.15, 0.2) is 83.0 Å². The van der Waals surface area contributed by atoms with Gasteiger partial charge in [-0.1, -0.05) is 43.0 Å². The molecule has 176 valence electrons. The Labute approximate surface area is 198 Å². The smallest absolute Gasteiger partial charge is 0.290 e. The van der Waals surface area contributed by atoms with Crippen LogP contribution >= 0.6 is 0 Å². The van der Waals surface area contributed by atoms with Crippen LogP contribution in [0.2, 0.25) is 0 Å². The molecule has 0 unspecified atom stereocenters. The molecule has 1 aliphatic heterocycles. The van der Waals surface area contributed by atoms with Crippen LogP contribution in [0.25, 0.3) is 11.0 Å². The first-order chi connectivity index (χ1) is 16.4. The molecule has 7 nitrogen and oxygen atoms in total. The van der Waals surface area contributed by atoms with E-state index in [1.165, 1.54) is 0 Å². The number of hydrogen-bond acceptors (Lipinski definition) is 6. The normalized spacial score (nSPS) is 16.0. The zero-order chi connectivity index (χ0) is 24.2. The molecule has 1 amide bonds. The molecule has 7 heteroatoms. The number of aliphatic hydroxyl groups is 1. The largest absolute Gasteiger partial charge is 0.503 e. The Morgan fingerprint density at radius 2 is 2.00 bits per heavy atom. The Morgan fingerprint density at radius 1 is 1.21 bits per heavy atom. The third-order valence-corrected chi connectivity index (χ3v) is 5.74. The fourth-order valence-corrected chi connectivity index (χ4v) is 4.18. The van der Waals surface area contributed by atoms with E-state index in [9.17, 15) is 14.7 Å². The van der Waals surface area contributed by atoms with Crippen LogP contribution in [-0.2, 0) is 4.79 Å². The van der Waals surface area contributed by atoms with Gasteiger partial charge in [0.15, 0.2) is 11.5 Å². The van der Waals surface area contributed by atoms with Crippen molar-refractivity contribution in [3.8, 4) is 5.75 Å². The second-order valence-corrected chi connectivity index (χ2v) is 8.47. The van der Waals surface area contributed by atoms with E-state index in [1.54, 1.807) is 41.3 Å². The van der Waals surface area contributed by atoms with Crippen molar-refractivity contribution in [2.75, 3.05) is 33.8 Å². The quantitative estimate of drug-likeness (QED) is 0.354. The standard InChI is InChI=1S/C27H28N2O5/c1-4-15-33-20-11-7-10-19(16-20)24-23(26(31)27(32)29(24)14-8-13-28(2)3)25(30)22-17-18-9-5-6-12-21(18)34-22/h4-7,9-12,16-17,24,31H,1,8,13-15H2,2-3H3/t24-/m0/s1. The number of carbonyl (C=O) groups is 2. The molecule has 0 bridgehead atoms. The van der Waals surface area contributed by atoms with Gasteiger partial charge in [0.2, 0.25) is 5.78 Å². The van der Waals surface area contributed by atoms with E-state index in [1.807, 2.05) is 43.3 Å². The number of para-hydroxylation sites is 1. The predicted molar refractivity (Wildman–Crippen MR) is 130 cm³/mol. The van der Waals surface area contributed by atoms with Crippen LogP contribution in [0.5, 0.6) is 5.75 Å². The van der Waals surface area contributed by atoms with Crippen molar-refractivity contribution in [1.29, 1.82) is 0 Å². The Morgan fingerprint density at radius 3 is 2.74 bits per heavy atom. The minimum atomic E-state index is -0.761. The summed E-state index contributed by atoms with van der Waals surface area (Å²) in [6.45, 7) is 5.12. The lowest BCUT2D eigenvalue weighted by atomic mass is 9.94. The number of ketones is 1. The van der Waals surface area contributed by atoms with E-state index in [4.69, 9.17) is 9.15 Å². The summed E-state index contributed by atoms with van der Waals surface area (Å²) in [6, 6.07) is 15.4. The first kappa shape index (κ1) is 23.3. The van der Waals surface area contributed by atoms with Gasteiger partial charge >= 0.3 is 0 Å². The molecule has 2 aromatic carbocycles. The van der Waals surface area contributed by atoms with Crippen LogP contribution in [0.1, 0.15) is 28.6 Å². The van der Waals surface area contributed by atoms with Crippen molar-refractivity contribution in [2.45, 2.75) is 12.5 Å². The van der Waals surface area contributed by atoms with Crippen LogP contribution in [0.3, 0.4) is 0 Å².